The highest BCUT2D eigenvalue weighted by Gasteiger charge is 2.13. The molecule has 0 aromatic heterocycles. The Labute approximate surface area is 88.6 Å². The van der Waals surface area contributed by atoms with Gasteiger partial charge in [0.2, 0.25) is 5.91 Å². The Morgan fingerprint density at radius 3 is 2.57 bits per heavy atom. The Balaban J connectivity index is 3.80. The minimum Gasteiger partial charge on any atom is -0.481 e. The smallest absolute Gasteiger partial charge is 0.305 e. The highest BCUT2D eigenvalue weighted by atomic mass is 35.5. The van der Waals surface area contributed by atoms with E-state index in [1.165, 1.54) is 0 Å². The maximum Gasteiger partial charge on any atom is 0.305 e. The van der Waals surface area contributed by atoms with Crippen molar-refractivity contribution in [3.05, 3.63) is 0 Å². The van der Waals surface area contributed by atoms with Gasteiger partial charge in [-0.15, -0.1) is 11.6 Å². The fourth-order valence-electron chi connectivity index (χ4n) is 1.04. The van der Waals surface area contributed by atoms with Crippen LogP contribution in [0.3, 0.4) is 0 Å². The molecule has 1 unspecified atom stereocenters. The number of halogens is 1. The molecule has 0 spiro atoms. The third-order valence-corrected chi connectivity index (χ3v) is 2.08. The summed E-state index contributed by atoms with van der Waals surface area (Å²) >= 11 is 5.43. The topological polar surface area (TPSA) is 66.4 Å². The van der Waals surface area contributed by atoms with Gasteiger partial charge in [-0.1, -0.05) is 6.92 Å². The van der Waals surface area contributed by atoms with Crippen LogP contribution in [0.15, 0.2) is 0 Å². The van der Waals surface area contributed by atoms with Crippen molar-refractivity contribution in [3.8, 4) is 0 Å². The van der Waals surface area contributed by atoms with Gasteiger partial charge in [-0.05, 0) is 12.8 Å². The van der Waals surface area contributed by atoms with Gasteiger partial charge in [-0.2, -0.15) is 0 Å². The van der Waals surface area contributed by atoms with Crippen molar-refractivity contribution < 1.29 is 14.7 Å². The zero-order valence-electron chi connectivity index (χ0n) is 8.25. The third-order valence-electron chi connectivity index (χ3n) is 1.82. The van der Waals surface area contributed by atoms with Gasteiger partial charge >= 0.3 is 5.97 Å². The molecule has 14 heavy (non-hydrogen) atoms. The normalized spacial score (nSPS) is 12.1. The van der Waals surface area contributed by atoms with Crippen LogP contribution in [0.1, 0.15) is 32.6 Å². The zero-order valence-corrected chi connectivity index (χ0v) is 9.01. The lowest BCUT2D eigenvalue weighted by molar-refractivity contribution is -0.137. The maximum absolute atomic E-state index is 11.2. The van der Waals surface area contributed by atoms with Gasteiger partial charge in [0, 0.05) is 18.3 Å². The fourth-order valence-corrected chi connectivity index (χ4v) is 1.17. The van der Waals surface area contributed by atoms with Crippen molar-refractivity contribution in [2.24, 2.45) is 0 Å². The number of carbonyl (C=O) groups excluding carboxylic acids is 1. The first-order valence-electron chi connectivity index (χ1n) is 4.67. The lowest BCUT2D eigenvalue weighted by Crippen LogP contribution is -2.35. The Morgan fingerprint density at radius 1 is 1.50 bits per heavy atom. The van der Waals surface area contributed by atoms with E-state index in [-0.39, 0.29) is 18.4 Å². The second kappa shape index (κ2) is 7.62. The molecule has 0 aliphatic heterocycles. The summed E-state index contributed by atoms with van der Waals surface area (Å²) in [6, 6.07) is -0.268. The van der Waals surface area contributed by atoms with Crippen molar-refractivity contribution in [1.82, 2.24) is 5.32 Å². The van der Waals surface area contributed by atoms with E-state index in [9.17, 15) is 9.59 Å². The van der Waals surface area contributed by atoms with Crippen LogP contribution in [-0.4, -0.2) is 28.9 Å². The number of amides is 1. The van der Waals surface area contributed by atoms with Crippen LogP contribution in [0, 0.1) is 0 Å². The molecule has 2 N–H and O–H groups in total. The summed E-state index contributed by atoms with van der Waals surface area (Å²) < 4.78 is 0. The van der Waals surface area contributed by atoms with Crippen molar-refractivity contribution >= 4 is 23.5 Å². The van der Waals surface area contributed by atoms with Crippen molar-refractivity contribution in [2.75, 3.05) is 5.88 Å². The lowest BCUT2D eigenvalue weighted by Gasteiger charge is -2.14. The van der Waals surface area contributed by atoms with Crippen LogP contribution in [-0.2, 0) is 9.59 Å². The summed E-state index contributed by atoms with van der Waals surface area (Å²) in [5, 5.41) is 11.2. The van der Waals surface area contributed by atoms with E-state index in [4.69, 9.17) is 16.7 Å². The number of carbonyl (C=O) groups is 2. The van der Waals surface area contributed by atoms with Crippen molar-refractivity contribution in [1.29, 1.82) is 0 Å². The first kappa shape index (κ1) is 13.2. The van der Waals surface area contributed by atoms with Crippen LogP contribution in [0.5, 0.6) is 0 Å². The molecule has 4 nitrogen and oxygen atoms in total. The van der Waals surface area contributed by atoms with Crippen LogP contribution >= 0.6 is 11.6 Å². The van der Waals surface area contributed by atoms with Crippen molar-refractivity contribution in [3.63, 3.8) is 0 Å². The van der Waals surface area contributed by atoms with Gasteiger partial charge in [-0.3, -0.25) is 9.59 Å². The molecule has 0 aromatic rings. The summed E-state index contributed by atoms with van der Waals surface area (Å²) in [6.45, 7) is 1.84. The minimum absolute atomic E-state index is 0.0247. The molecular formula is C9H16ClNO3. The van der Waals surface area contributed by atoms with Gasteiger partial charge in [0.1, 0.15) is 0 Å². The SMILES string of the molecule is CCC(CC(=O)O)NC(=O)CCCCl. The first-order valence-corrected chi connectivity index (χ1v) is 5.20. The highest BCUT2D eigenvalue weighted by molar-refractivity contribution is 6.17. The summed E-state index contributed by atoms with van der Waals surface area (Å²) in [6.07, 6.45) is 1.58. The summed E-state index contributed by atoms with van der Waals surface area (Å²) in [4.78, 5) is 21.6. The van der Waals surface area contributed by atoms with Crippen LogP contribution in [0.2, 0.25) is 0 Å². The number of hydrogen-bond donors (Lipinski definition) is 2. The quantitative estimate of drug-likeness (QED) is 0.639. The second-order valence-corrected chi connectivity index (χ2v) is 3.44. The Kier molecular flexibility index (Phi) is 7.20. The number of nitrogens with one attached hydrogen (secondary N) is 1. The molecule has 1 amide bonds. The monoisotopic (exact) mass is 221 g/mol. The molecular weight excluding hydrogens is 206 g/mol. The average Bonchev–Trinajstić information content (AvgIpc) is 2.12. The fraction of sp³-hybridized carbons (Fsp3) is 0.778. The molecule has 0 rings (SSSR count). The number of carboxylic acid groups (broad SMARTS) is 1. The van der Waals surface area contributed by atoms with Gasteiger partial charge < -0.3 is 10.4 Å². The standard InChI is InChI=1S/C9H16ClNO3/c1-2-7(6-9(13)14)11-8(12)4-3-5-10/h7H,2-6H2,1H3,(H,11,12)(H,13,14). The molecule has 0 heterocycles. The number of hydrogen-bond acceptors (Lipinski definition) is 2. The Bertz CT molecular complexity index is 196. The third kappa shape index (κ3) is 6.71. The largest absolute Gasteiger partial charge is 0.481 e. The molecule has 0 fully saturated rings. The molecule has 82 valence electrons. The van der Waals surface area contributed by atoms with E-state index >= 15 is 0 Å². The number of carboxylic acids is 1. The van der Waals surface area contributed by atoms with Crippen molar-refractivity contribution in [2.45, 2.75) is 38.6 Å². The molecule has 0 aliphatic carbocycles. The highest BCUT2D eigenvalue weighted by Crippen LogP contribution is 1.99. The Hall–Kier alpha value is -0.770. The van der Waals surface area contributed by atoms with E-state index < -0.39 is 5.97 Å². The van der Waals surface area contributed by atoms with Gasteiger partial charge in [0.25, 0.3) is 0 Å². The predicted octanol–water partition coefficient (Wildman–Crippen LogP) is 1.37. The molecule has 0 saturated carbocycles. The van der Waals surface area contributed by atoms with Crippen LogP contribution in [0.25, 0.3) is 0 Å². The maximum atomic E-state index is 11.2. The summed E-state index contributed by atoms with van der Waals surface area (Å²) in [5.74, 6) is -0.573. The van der Waals surface area contributed by atoms with E-state index in [1.807, 2.05) is 6.92 Å². The lowest BCUT2D eigenvalue weighted by atomic mass is 10.1. The van der Waals surface area contributed by atoms with E-state index in [1.54, 1.807) is 0 Å². The van der Waals surface area contributed by atoms with Crippen LogP contribution in [0.4, 0.5) is 0 Å². The summed E-state index contributed by atoms with van der Waals surface area (Å²) in [5.41, 5.74) is 0. The van der Waals surface area contributed by atoms with E-state index in [2.05, 4.69) is 5.32 Å². The average molecular weight is 222 g/mol. The molecule has 1 atom stereocenters. The zero-order chi connectivity index (χ0) is 11.0. The number of alkyl halides is 1. The van der Waals surface area contributed by atoms with Gasteiger partial charge in [-0.25, -0.2) is 0 Å². The molecule has 0 aromatic carbocycles. The second-order valence-electron chi connectivity index (χ2n) is 3.06. The van der Waals surface area contributed by atoms with Gasteiger partial charge in [0.15, 0.2) is 0 Å². The molecule has 0 aliphatic rings. The molecule has 0 radical (unpaired) electrons. The predicted molar refractivity (Wildman–Crippen MR) is 54.4 cm³/mol. The van der Waals surface area contributed by atoms with Gasteiger partial charge in [0.05, 0.1) is 6.42 Å². The molecule has 5 heteroatoms. The summed E-state index contributed by atoms with van der Waals surface area (Å²) in [7, 11) is 0. The Morgan fingerprint density at radius 2 is 2.14 bits per heavy atom. The van der Waals surface area contributed by atoms with E-state index in [0.717, 1.165) is 0 Å². The molecule has 0 bridgehead atoms. The van der Waals surface area contributed by atoms with E-state index in [0.29, 0.717) is 25.1 Å². The number of rotatable bonds is 7. The molecule has 0 saturated heterocycles. The first-order chi connectivity index (χ1) is 6.60. The minimum atomic E-state index is -0.894. The van der Waals surface area contributed by atoms with Crippen LogP contribution < -0.4 is 5.32 Å². The number of aliphatic carboxylic acids is 1.